The summed E-state index contributed by atoms with van der Waals surface area (Å²) in [6.07, 6.45) is 8.80. The second-order valence-electron chi connectivity index (χ2n) is 6.65. The number of carbonyl (C=O) groups is 2. The standard InChI is InChI=1S/C19H18O3/c1-2-12-3-5-13(6-4-12)7-9-19-10-8-14(11-19)15-16(19)18(21)22-17(15)20/h2-6,8,10,14-16H,1,7,9,11H2. The lowest BCUT2D eigenvalue weighted by atomic mass is 9.71. The molecule has 0 amide bonds. The molecule has 2 fully saturated rings. The molecule has 1 saturated carbocycles. The first-order valence-corrected chi connectivity index (χ1v) is 7.79. The normalized spacial score (nSPS) is 34.8. The summed E-state index contributed by atoms with van der Waals surface area (Å²) in [4.78, 5) is 23.9. The van der Waals surface area contributed by atoms with Crippen molar-refractivity contribution in [3.05, 3.63) is 54.1 Å². The van der Waals surface area contributed by atoms with Gasteiger partial charge in [-0.1, -0.05) is 49.1 Å². The van der Waals surface area contributed by atoms with Gasteiger partial charge in [-0.3, -0.25) is 9.59 Å². The highest BCUT2D eigenvalue weighted by Gasteiger charge is 2.64. The molecule has 3 nitrogen and oxygen atoms in total. The maximum Gasteiger partial charge on any atom is 0.318 e. The highest BCUT2D eigenvalue weighted by Crippen LogP contribution is 2.61. The molecule has 1 aromatic carbocycles. The van der Waals surface area contributed by atoms with E-state index in [0.29, 0.717) is 0 Å². The minimum atomic E-state index is -0.318. The molecule has 112 valence electrons. The molecule has 0 spiro atoms. The number of hydrogen-bond donors (Lipinski definition) is 0. The van der Waals surface area contributed by atoms with Gasteiger partial charge in [0.1, 0.15) is 0 Å². The average Bonchev–Trinajstić information content (AvgIpc) is 3.18. The molecule has 0 aromatic heterocycles. The highest BCUT2D eigenvalue weighted by atomic mass is 16.6. The van der Waals surface area contributed by atoms with Crippen LogP contribution in [0.15, 0.2) is 43.0 Å². The quantitative estimate of drug-likeness (QED) is 0.487. The Morgan fingerprint density at radius 1 is 1.23 bits per heavy atom. The Morgan fingerprint density at radius 2 is 2.00 bits per heavy atom. The second-order valence-corrected chi connectivity index (χ2v) is 6.65. The number of allylic oxidation sites excluding steroid dienone is 2. The third-order valence-corrected chi connectivity index (χ3v) is 5.55. The lowest BCUT2D eigenvalue weighted by Crippen LogP contribution is -2.31. The van der Waals surface area contributed by atoms with Crippen LogP contribution in [0.25, 0.3) is 6.08 Å². The molecule has 2 bridgehead atoms. The number of benzene rings is 1. The summed E-state index contributed by atoms with van der Waals surface area (Å²) in [6.45, 7) is 3.76. The Bertz CT molecular complexity index is 685. The van der Waals surface area contributed by atoms with Crippen LogP contribution in [0.5, 0.6) is 0 Å². The first-order valence-electron chi connectivity index (χ1n) is 7.79. The van der Waals surface area contributed by atoms with Gasteiger partial charge in [-0.15, -0.1) is 0 Å². The predicted molar refractivity (Wildman–Crippen MR) is 82.6 cm³/mol. The van der Waals surface area contributed by atoms with Crippen molar-refractivity contribution < 1.29 is 14.3 Å². The van der Waals surface area contributed by atoms with Gasteiger partial charge in [0, 0.05) is 5.41 Å². The van der Waals surface area contributed by atoms with Crippen LogP contribution < -0.4 is 0 Å². The van der Waals surface area contributed by atoms with Gasteiger partial charge < -0.3 is 4.74 Å². The van der Waals surface area contributed by atoms with Crippen molar-refractivity contribution in [3.63, 3.8) is 0 Å². The molecule has 2 aliphatic carbocycles. The van der Waals surface area contributed by atoms with Crippen molar-refractivity contribution in [3.8, 4) is 0 Å². The van der Waals surface area contributed by atoms with Gasteiger partial charge in [0.25, 0.3) is 0 Å². The first-order chi connectivity index (χ1) is 10.6. The predicted octanol–water partition coefficient (Wildman–Crippen LogP) is 3.15. The van der Waals surface area contributed by atoms with E-state index >= 15 is 0 Å². The fourth-order valence-electron chi connectivity index (χ4n) is 4.43. The summed E-state index contributed by atoms with van der Waals surface area (Å²) < 4.78 is 4.89. The van der Waals surface area contributed by atoms with Crippen LogP contribution >= 0.6 is 0 Å². The maximum absolute atomic E-state index is 12.1. The maximum atomic E-state index is 12.1. The minimum Gasteiger partial charge on any atom is -0.393 e. The number of ether oxygens (including phenoxy) is 1. The van der Waals surface area contributed by atoms with Crippen LogP contribution in [-0.2, 0) is 20.7 Å². The van der Waals surface area contributed by atoms with Crippen molar-refractivity contribution in [2.45, 2.75) is 19.3 Å². The number of esters is 2. The smallest absolute Gasteiger partial charge is 0.318 e. The first kappa shape index (κ1) is 13.5. The van der Waals surface area contributed by atoms with Crippen molar-refractivity contribution in [2.75, 3.05) is 0 Å². The van der Waals surface area contributed by atoms with Crippen molar-refractivity contribution >= 4 is 18.0 Å². The minimum absolute atomic E-state index is 0.185. The van der Waals surface area contributed by atoms with E-state index in [0.717, 1.165) is 24.8 Å². The molecule has 4 unspecified atom stereocenters. The van der Waals surface area contributed by atoms with Gasteiger partial charge >= 0.3 is 11.9 Å². The van der Waals surface area contributed by atoms with E-state index in [-0.39, 0.29) is 35.1 Å². The number of hydrogen-bond acceptors (Lipinski definition) is 3. The number of rotatable bonds is 4. The Hall–Kier alpha value is -2.16. The van der Waals surface area contributed by atoms with Crippen LogP contribution in [0.4, 0.5) is 0 Å². The zero-order chi connectivity index (χ0) is 15.3. The number of cyclic esters (lactones) is 2. The summed E-state index contributed by atoms with van der Waals surface area (Å²) in [7, 11) is 0. The number of fused-ring (bicyclic) bond motifs is 5. The number of aryl methyl sites for hydroxylation is 1. The van der Waals surface area contributed by atoms with Crippen LogP contribution in [-0.4, -0.2) is 11.9 Å². The van der Waals surface area contributed by atoms with E-state index < -0.39 is 0 Å². The average molecular weight is 294 g/mol. The fraction of sp³-hybridized carbons (Fsp3) is 0.368. The van der Waals surface area contributed by atoms with Crippen LogP contribution in [0.3, 0.4) is 0 Å². The lowest BCUT2D eigenvalue weighted by Gasteiger charge is -2.29. The fourth-order valence-corrected chi connectivity index (χ4v) is 4.43. The topological polar surface area (TPSA) is 43.4 Å². The summed E-state index contributed by atoms with van der Waals surface area (Å²) in [5.41, 5.74) is 2.17. The van der Waals surface area contributed by atoms with Gasteiger partial charge in [-0.05, 0) is 36.3 Å². The molecule has 3 aliphatic rings. The van der Waals surface area contributed by atoms with Gasteiger partial charge in [-0.25, -0.2) is 0 Å². The molecule has 1 aromatic rings. The van der Waals surface area contributed by atoms with Crippen molar-refractivity contribution in [1.29, 1.82) is 0 Å². The van der Waals surface area contributed by atoms with Crippen molar-refractivity contribution in [2.24, 2.45) is 23.2 Å². The molecular weight excluding hydrogens is 276 g/mol. The molecule has 1 heterocycles. The van der Waals surface area contributed by atoms with Crippen LogP contribution in [0.1, 0.15) is 24.0 Å². The van der Waals surface area contributed by atoms with E-state index in [2.05, 4.69) is 43.0 Å². The van der Waals surface area contributed by atoms with Gasteiger partial charge in [0.05, 0.1) is 11.8 Å². The molecule has 0 radical (unpaired) electrons. The summed E-state index contributed by atoms with van der Waals surface area (Å²) in [6, 6.07) is 8.32. The Kier molecular flexibility index (Phi) is 2.86. The van der Waals surface area contributed by atoms with E-state index in [9.17, 15) is 9.59 Å². The van der Waals surface area contributed by atoms with E-state index in [4.69, 9.17) is 4.74 Å². The zero-order valence-electron chi connectivity index (χ0n) is 12.3. The Labute approximate surface area is 129 Å². The molecular formula is C19H18O3. The van der Waals surface area contributed by atoms with Crippen LogP contribution in [0, 0.1) is 23.2 Å². The van der Waals surface area contributed by atoms with Gasteiger partial charge in [0.2, 0.25) is 0 Å². The Balaban J connectivity index is 1.54. The van der Waals surface area contributed by atoms with E-state index in [1.165, 1.54) is 5.56 Å². The van der Waals surface area contributed by atoms with E-state index in [1.807, 2.05) is 6.08 Å². The van der Waals surface area contributed by atoms with E-state index in [1.54, 1.807) is 0 Å². The molecule has 4 rings (SSSR count). The lowest BCUT2D eigenvalue weighted by molar-refractivity contribution is -0.155. The monoisotopic (exact) mass is 294 g/mol. The summed E-state index contributed by atoms with van der Waals surface area (Å²) in [5, 5.41) is 0. The Morgan fingerprint density at radius 3 is 2.73 bits per heavy atom. The number of carbonyl (C=O) groups excluding carboxylic acids is 2. The van der Waals surface area contributed by atoms with Gasteiger partial charge in [-0.2, -0.15) is 0 Å². The van der Waals surface area contributed by atoms with Crippen LogP contribution in [0.2, 0.25) is 0 Å². The van der Waals surface area contributed by atoms with Gasteiger partial charge in [0.15, 0.2) is 0 Å². The molecule has 0 N–H and O–H groups in total. The summed E-state index contributed by atoms with van der Waals surface area (Å²) >= 11 is 0. The summed E-state index contributed by atoms with van der Waals surface area (Å²) in [5.74, 6) is -0.944. The zero-order valence-corrected chi connectivity index (χ0v) is 12.3. The highest BCUT2D eigenvalue weighted by molar-refractivity contribution is 5.98. The molecule has 1 saturated heterocycles. The second kappa shape index (κ2) is 4.67. The third-order valence-electron chi connectivity index (χ3n) is 5.55. The molecule has 1 aliphatic heterocycles. The third kappa shape index (κ3) is 1.81. The largest absolute Gasteiger partial charge is 0.393 e. The van der Waals surface area contributed by atoms with Crippen molar-refractivity contribution in [1.82, 2.24) is 0 Å². The SMILES string of the molecule is C=Cc1ccc(CCC23C=CC(C2)C2C(=O)OC(=O)C23)cc1. The molecule has 3 heteroatoms. The molecule has 4 atom stereocenters. The molecule has 22 heavy (non-hydrogen) atoms.